The van der Waals surface area contributed by atoms with Crippen LogP contribution < -0.4 is 10.6 Å². The fraction of sp³-hybridized carbons (Fsp3) is 0.941. The average Bonchev–Trinajstić information content (AvgIpc) is 3.11. The van der Waals surface area contributed by atoms with Crippen LogP contribution in [0.2, 0.25) is 0 Å². The number of hydrogen-bond donors (Lipinski definition) is 3. The number of nitrogens with zero attached hydrogens (tertiary/aromatic N) is 1. The van der Waals surface area contributed by atoms with Crippen LogP contribution in [0.3, 0.4) is 0 Å². The second kappa shape index (κ2) is 6.99. The van der Waals surface area contributed by atoms with E-state index in [-0.39, 0.29) is 6.10 Å². The molecule has 4 heteroatoms. The van der Waals surface area contributed by atoms with E-state index in [0.717, 1.165) is 43.6 Å². The molecule has 3 N–H and O–H groups in total. The molecule has 0 aromatic heterocycles. The van der Waals surface area contributed by atoms with E-state index in [2.05, 4.69) is 15.6 Å². The lowest BCUT2D eigenvalue weighted by molar-refractivity contribution is 0.134. The molecule has 3 fully saturated rings. The Balaban J connectivity index is 1.44. The third-order valence-electron chi connectivity index (χ3n) is 6.00. The number of fused-ring (bicyclic) bond motifs is 1. The maximum Gasteiger partial charge on any atom is 0.191 e. The molecule has 3 rings (SSSR count). The summed E-state index contributed by atoms with van der Waals surface area (Å²) in [5.74, 6) is 3.28. The van der Waals surface area contributed by atoms with Crippen molar-refractivity contribution in [1.82, 2.24) is 10.6 Å². The highest BCUT2D eigenvalue weighted by Gasteiger charge is 2.34. The molecule has 4 nitrogen and oxygen atoms in total. The highest BCUT2D eigenvalue weighted by molar-refractivity contribution is 5.79. The van der Waals surface area contributed by atoms with Crippen LogP contribution in [0.5, 0.6) is 0 Å². The number of hydrogen-bond acceptors (Lipinski definition) is 2. The molecule has 0 heterocycles. The smallest absolute Gasteiger partial charge is 0.191 e. The highest BCUT2D eigenvalue weighted by atomic mass is 16.3. The molecule has 3 saturated carbocycles. The minimum Gasteiger partial charge on any atom is -0.393 e. The molecule has 0 aromatic carbocycles. The van der Waals surface area contributed by atoms with Gasteiger partial charge in [0.1, 0.15) is 0 Å². The van der Waals surface area contributed by atoms with Gasteiger partial charge in [-0.1, -0.05) is 25.7 Å². The lowest BCUT2D eigenvalue weighted by atomic mass is 9.79. The van der Waals surface area contributed by atoms with Crippen LogP contribution in [-0.2, 0) is 0 Å². The Morgan fingerprint density at radius 1 is 1.05 bits per heavy atom. The molecule has 0 aromatic rings. The second-order valence-corrected chi connectivity index (χ2v) is 7.32. The molecule has 0 amide bonds. The Morgan fingerprint density at radius 3 is 2.62 bits per heavy atom. The summed E-state index contributed by atoms with van der Waals surface area (Å²) < 4.78 is 0. The van der Waals surface area contributed by atoms with Gasteiger partial charge in [0.25, 0.3) is 0 Å². The Hall–Kier alpha value is -0.770. The summed E-state index contributed by atoms with van der Waals surface area (Å²) in [6.07, 6.45) is 11.5. The van der Waals surface area contributed by atoms with Gasteiger partial charge in [0, 0.05) is 25.6 Å². The van der Waals surface area contributed by atoms with E-state index < -0.39 is 0 Å². The van der Waals surface area contributed by atoms with Gasteiger partial charge < -0.3 is 15.7 Å². The number of nitrogens with one attached hydrogen (secondary N) is 2. The van der Waals surface area contributed by atoms with Gasteiger partial charge in [0.15, 0.2) is 5.96 Å². The number of aliphatic imine (C=N–C) groups is 1. The van der Waals surface area contributed by atoms with Crippen LogP contribution >= 0.6 is 0 Å². The number of aliphatic hydroxyl groups excluding tert-OH is 1. The quantitative estimate of drug-likeness (QED) is 0.553. The molecule has 0 radical (unpaired) electrons. The van der Waals surface area contributed by atoms with Gasteiger partial charge in [0.2, 0.25) is 0 Å². The topological polar surface area (TPSA) is 56.7 Å². The summed E-state index contributed by atoms with van der Waals surface area (Å²) >= 11 is 0. The van der Waals surface area contributed by atoms with Gasteiger partial charge in [-0.25, -0.2) is 0 Å². The normalized spacial score (nSPS) is 40.1. The van der Waals surface area contributed by atoms with E-state index in [1.807, 2.05) is 7.05 Å². The van der Waals surface area contributed by atoms with Gasteiger partial charge in [-0.15, -0.1) is 0 Å². The molecule has 0 saturated heterocycles. The van der Waals surface area contributed by atoms with Gasteiger partial charge >= 0.3 is 0 Å². The Morgan fingerprint density at radius 2 is 1.86 bits per heavy atom. The maximum absolute atomic E-state index is 9.90. The summed E-state index contributed by atoms with van der Waals surface area (Å²) in [6, 6.07) is 0.587. The van der Waals surface area contributed by atoms with Gasteiger partial charge in [0.05, 0.1) is 6.10 Å². The van der Waals surface area contributed by atoms with Crippen molar-refractivity contribution in [2.45, 2.75) is 69.9 Å². The molecule has 5 atom stereocenters. The van der Waals surface area contributed by atoms with Crippen molar-refractivity contribution in [3.8, 4) is 0 Å². The Kier molecular flexibility index (Phi) is 5.04. The van der Waals surface area contributed by atoms with E-state index in [4.69, 9.17) is 0 Å². The molecule has 5 unspecified atom stereocenters. The van der Waals surface area contributed by atoms with E-state index in [1.165, 1.54) is 38.5 Å². The first kappa shape index (κ1) is 15.1. The molecule has 120 valence electrons. The van der Waals surface area contributed by atoms with Crippen molar-refractivity contribution in [1.29, 1.82) is 0 Å². The van der Waals surface area contributed by atoms with Gasteiger partial charge in [-0.3, -0.25) is 4.99 Å². The van der Waals surface area contributed by atoms with Crippen LogP contribution in [-0.4, -0.2) is 36.8 Å². The fourth-order valence-corrected chi connectivity index (χ4v) is 4.70. The molecular weight excluding hydrogens is 262 g/mol. The molecule has 0 spiro atoms. The molecule has 3 aliphatic rings. The van der Waals surface area contributed by atoms with E-state index in [0.29, 0.717) is 12.0 Å². The third kappa shape index (κ3) is 3.71. The van der Waals surface area contributed by atoms with Crippen LogP contribution in [0.15, 0.2) is 4.99 Å². The lowest BCUT2D eigenvalue weighted by Gasteiger charge is -2.33. The van der Waals surface area contributed by atoms with Gasteiger partial charge in [-0.05, 0) is 43.9 Å². The maximum atomic E-state index is 9.90. The Labute approximate surface area is 128 Å². The molecular formula is C17H31N3O. The summed E-state index contributed by atoms with van der Waals surface area (Å²) in [5, 5.41) is 16.9. The summed E-state index contributed by atoms with van der Waals surface area (Å²) in [7, 11) is 1.85. The van der Waals surface area contributed by atoms with Crippen LogP contribution in [0.25, 0.3) is 0 Å². The molecule has 0 bridgehead atoms. The van der Waals surface area contributed by atoms with Crippen LogP contribution in [0.4, 0.5) is 0 Å². The molecule has 3 aliphatic carbocycles. The van der Waals surface area contributed by atoms with Crippen LogP contribution in [0, 0.1) is 17.8 Å². The Bertz CT molecular complexity index is 371. The third-order valence-corrected chi connectivity index (χ3v) is 6.00. The van der Waals surface area contributed by atoms with Crippen molar-refractivity contribution in [3.63, 3.8) is 0 Å². The van der Waals surface area contributed by atoms with Crippen molar-refractivity contribution in [2.24, 2.45) is 22.7 Å². The van der Waals surface area contributed by atoms with Crippen molar-refractivity contribution in [3.05, 3.63) is 0 Å². The SMILES string of the molecule is CN=C(NCC1CCCC1O)NC1CCC2CCCC2C1. The summed E-state index contributed by atoms with van der Waals surface area (Å²) in [5.41, 5.74) is 0. The largest absolute Gasteiger partial charge is 0.393 e. The molecule has 0 aliphatic heterocycles. The predicted molar refractivity (Wildman–Crippen MR) is 86.3 cm³/mol. The highest BCUT2D eigenvalue weighted by Crippen LogP contribution is 2.42. The number of aliphatic hydroxyl groups is 1. The van der Waals surface area contributed by atoms with E-state index in [9.17, 15) is 5.11 Å². The predicted octanol–water partition coefficient (Wildman–Crippen LogP) is 2.28. The average molecular weight is 293 g/mol. The lowest BCUT2D eigenvalue weighted by Crippen LogP contribution is -2.47. The summed E-state index contributed by atoms with van der Waals surface area (Å²) in [4.78, 5) is 4.37. The van der Waals surface area contributed by atoms with E-state index >= 15 is 0 Å². The van der Waals surface area contributed by atoms with Crippen molar-refractivity contribution < 1.29 is 5.11 Å². The second-order valence-electron chi connectivity index (χ2n) is 7.32. The molecule has 21 heavy (non-hydrogen) atoms. The van der Waals surface area contributed by atoms with Crippen molar-refractivity contribution in [2.75, 3.05) is 13.6 Å². The minimum absolute atomic E-state index is 0.121. The standard InChI is InChI=1S/C17H31N3O/c1-18-17(19-11-14-6-3-7-16(14)21)20-15-9-8-12-4-2-5-13(12)10-15/h12-16,21H,2-11H2,1H3,(H2,18,19,20). The zero-order chi connectivity index (χ0) is 14.7. The first-order valence-electron chi connectivity index (χ1n) is 8.91. The minimum atomic E-state index is -0.121. The van der Waals surface area contributed by atoms with E-state index in [1.54, 1.807) is 0 Å². The number of rotatable bonds is 3. The first-order chi connectivity index (χ1) is 10.3. The zero-order valence-electron chi connectivity index (χ0n) is 13.4. The summed E-state index contributed by atoms with van der Waals surface area (Å²) in [6.45, 7) is 0.847. The number of guanidine groups is 1. The monoisotopic (exact) mass is 293 g/mol. The van der Waals surface area contributed by atoms with Crippen molar-refractivity contribution >= 4 is 5.96 Å². The van der Waals surface area contributed by atoms with Gasteiger partial charge in [-0.2, -0.15) is 0 Å². The first-order valence-corrected chi connectivity index (χ1v) is 8.91. The fourth-order valence-electron chi connectivity index (χ4n) is 4.70. The van der Waals surface area contributed by atoms with Crippen LogP contribution in [0.1, 0.15) is 57.8 Å². The zero-order valence-corrected chi connectivity index (χ0v) is 13.4.